The summed E-state index contributed by atoms with van der Waals surface area (Å²) in [5, 5.41) is 0. The van der Waals surface area contributed by atoms with Crippen molar-refractivity contribution >= 4 is 11.7 Å². The number of aryl methyl sites for hydroxylation is 1. The standard InChI is InChI=1S/C23H31N3O3/c1-24-13-7-10-20(24)22(27)23(28)25(2)16-18-8-6-14-26(17-18)15-12-19-9-4-5-11-21(19)29-3/h4-5,7,9-11,13,18H,6,8,12,14-17H2,1-3H3/t18-/m1/s1. The molecule has 0 bridgehead atoms. The number of rotatable bonds is 8. The lowest BCUT2D eigenvalue weighted by Gasteiger charge is -2.34. The number of hydrogen-bond acceptors (Lipinski definition) is 4. The minimum Gasteiger partial charge on any atom is -0.496 e. The zero-order valence-electron chi connectivity index (χ0n) is 17.6. The number of ether oxygens (including phenoxy) is 1. The van der Waals surface area contributed by atoms with Gasteiger partial charge in [0.2, 0.25) is 0 Å². The van der Waals surface area contributed by atoms with Crippen LogP contribution >= 0.6 is 0 Å². The summed E-state index contributed by atoms with van der Waals surface area (Å²) in [6.07, 6.45) is 4.92. The van der Waals surface area contributed by atoms with Crippen molar-refractivity contribution < 1.29 is 14.3 Å². The first-order valence-corrected chi connectivity index (χ1v) is 10.2. The topological polar surface area (TPSA) is 54.8 Å². The van der Waals surface area contributed by atoms with E-state index in [-0.39, 0.29) is 0 Å². The number of likely N-dealkylation sites (tertiary alicyclic amines) is 1. The van der Waals surface area contributed by atoms with E-state index in [1.165, 1.54) is 5.56 Å². The highest BCUT2D eigenvalue weighted by molar-refractivity contribution is 6.42. The number of benzene rings is 1. The molecule has 29 heavy (non-hydrogen) atoms. The molecule has 1 aromatic carbocycles. The van der Waals surface area contributed by atoms with E-state index in [0.29, 0.717) is 18.2 Å². The SMILES string of the molecule is COc1ccccc1CCN1CCC[C@H](CN(C)C(=O)C(=O)c2cccn2C)C1. The van der Waals surface area contributed by atoms with Crippen molar-refractivity contribution in [1.82, 2.24) is 14.4 Å². The molecule has 0 saturated carbocycles. The molecule has 1 atom stereocenters. The minimum absolute atomic E-state index is 0.386. The molecule has 1 saturated heterocycles. The molecular weight excluding hydrogens is 366 g/mol. The smallest absolute Gasteiger partial charge is 0.296 e. The van der Waals surface area contributed by atoms with Gasteiger partial charge >= 0.3 is 0 Å². The summed E-state index contributed by atoms with van der Waals surface area (Å²) < 4.78 is 7.14. The maximum atomic E-state index is 12.6. The number of para-hydroxylation sites is 1. The number of piperidine rings is 1. The van der Waals surface area contributed by atoms with E-state index in [1.807, 2.05) is 18.2 Å². The van der Waals surface area contributed by atoms with Gasteiger partial charge in [-0.05, 0) is 55.5 Å². The number of likely N-dealkylation sites (N-methyl/N-ethyl adjacent to an activating group) is 1. The van der Waals surface area contributed by atoms with Crippen LogP contribution < -0.4 is 4.74 Å². The zero-order valence-corrected chi connectivity index (χ0v) is 17.6. The summed E-state index contributed by atoms with van der Waals surface area (Å²) in [6.45, 7) is 3.60. The third-order valence-electron chi connectivity index (χ3n) is 5.74. The predicted octanol–water partition coefficient (Wildman–Crippen LogP) is 2.63. The number of hydrogen-bond donors (Lipinski definition) is 0. The number of aromatic nitrogens is 1. The van der Waals surface area contributed by atoms with Gasteiger partial charge in [-0.1, -0.05) is 18.2 Å². The molecule has 2 aromatic rings. The minimum atomic E-state index is -0.441. The van der Waals surface area contributed by atoms with Crippen molar-refractivity contribution in [1.29, 1.82) is 0 Å². The van der Waals surface area contributed by atoms with Crippen LogP contribution in [-0.2, 0) is 18.3 Å². The molecule has 156 valence electrons. The number of nitrogens with zero attached hydrogens (tertiary/aromatic N) is 3. The Labute approximate surface area is 173 Å². The summed E-state index contributed by atoms with van der Waals surface area (Å²) in [5.74, 6) is 0.448. The van der Waals surface area contributed by atoms with Gasteiger partial charge in [-0.3, -0.25) is 9.59 Å². The van der Waals surface area contributed by atoms with E-state index in [0.717, 1.165) is 44.6 Å². The second kappa shape index (κ2) is 9.74. The summed E-state index contributed by atoms with van der Waals surface area (Å²) in [7, 11) is 5.22. The maximum Gasteiger partial charge on any atom is 0.296 e. The van der Waals surface area contributed by atoms with Crippen molar-refractivity contribution in [2.45, 2.75) is 19.3 Å². The number of carbonyl (C=O) groups is 2. The van der Waals surface area contributed by atoms with Gasteiger partial charge in [0.1, 0.15) is 5.75 Å². The number of carbonyl (C=O) groups excluding carboxylic acids is 2. The molecular formula is C23H31N3O3. The zero-order chi connectivity index (χ0) is 20.8. The van der Waals surface area contributed by atoms with Gasteiger partial charge in [0, 0.05) is 39.9 Å². The maximum absolute atomic E-state index is 12.6. The fraction of sp³-hybridized carbons (Fsp3) is 0.478. The Hall–Kier alpha value is -2.60. The molecule has 0 N–H and O–H groups in total. The Morgan fingerprint density at radius 3 is 2.72 bits per heavy atom. The van der Waals surface area contributed by atoms with Crippen LogP contribution in [-0.4, -0.2) is 66.4 Å². The van der Waals surface area contributed by atoms with Crippen LogP contribution in [0, 0.1) is 5.92 Å². The quantitative estimate of drug-likeness (QED) is 0.508. The fourth-order valence-electron chi connectivity index (χ4n) is 4.14. The van der Waals surface area contributed by atoms with Crippen molar-refractivity contribution in [3.05, 3.63) is 53.9 Å². The van der Waals surface area contributed by atoms with Gasteiger partial charge in [0.15, 0.2) is 0 Å². The van der Waals surface area contributed by atoms with Crippen molar-refractivity contribution in [3.8, 4) is 5.75 Å². The number of ketones is 1. The van der Waals surface area contributed by atoms with E-state index >= 15 is 0 Å². The van der Waals surface area contributed by atoms with Crippen LogP contribution in [0.5, 0.6) is 5.75 Å². The number of Topliss-reactive ketones (excluding diaryl/α,β-unsaturated/α-hetero) is 1. The Morgan fingerprint density at radius 1 is 1.21 bits per heavy atom. The first-order chi connectivity index (χ1) is 14.0. The first-order valence-electron chi connectivity index (χ1n) is 10.2. The van der Waals surface area contributed by atoms with Crippen LogP contribution in [0.2, 0.25) is 0 Å². The number of methoxy groups -OCH3 is 1. The highest BCUT2D eigenvalue weighted by atomic mass is 16.5. The molecule has 3 rings (SSSR count). The van der Waals surface area contributed by atoms with Gasteiger partial charge in [-0.15, -0.1) is 0 Å². The van der Waals surface area contributed by atoms with E-state index in [9.17, 15) is 9.59 Å². The highest BCUT2D eigenvalue weighted by Gasteiger charge is 2.27. The average Bonchev–Trinajstić information content (AvgIpc) is 3.17. The summed E-state index contributed by atoms with van der Waals surface area (Å²) >= 11 is 0. The lowest BCUT2D eigenvalue weighted by Crippen LogP contribution is -2.43. The van der Waals surface area contributed by atoms with E-state index < -0.39 is 11.7 Å². The Kier molecular flexibility index (Phi) is 7.09. The van der Waals surface area contributed by atoms with E-state index in [2.05, 4.69) is 11.0 Å². The van der Waals surface area contributed by atoms with Gasteiger partial charge < -0.3 is 19.1 Å². The largest absolute Gasteiger partial charge is 0.496 e. The molecule has 6 heteroatoms. The second-order valence-corrected chi connectivity index (χ2v) is 7.89. The molecule has 1 aromatic heterocycles. The molecule has 1 aliphatic heterocycles. The average molecular weight is 398 g/mol. The van der Waals surface area contributed by atoms with Crippen LogP contribution in [0.25, 0.3) is 0 Å². The van der Waals surface area contributed by atoms with Crippen molar-refractivity contribution in [3.63, 3.8) is 0 Å². The van der Waals surface area contributed by atoms with Crippen molar-refractivity contribution in [2.75, 3.05) is 40.3 Å². The van der Waals surface area contributed by atoms with Gasteiger partial charge in [0.05, 0.1) is 12.8 Å². The Morgan fingerprint density at radius 2 is 2.00 bits per heavy atom. The van der Waals surface area contributed by atoms with Crippen LogP contribution in [0.3, 0.4) is 0 Å². The van der Waals surface area contributed by atoms with E-state index in [1.54, 1.807) is 49.0 Å². The molecule has 2 heterocycles. The van der Waals surface area contributed by atoms with Gasteiger partial charge in [-0.2, -0.15) is 0 Å². The van der Waals surface area contributed by atoms with Gasteiger partial charge in [-0.25, -0.2) is 0 Å². The summed E-state index contributed by atoms with van der Waals surface area (Å²) in [6, 6.07) is 11.6. The second-order valence-electron chi connectivity index (χ2n) is 7.89. The van der Waals surface area contributed by atoms with Crippen LogP contribution in [0.4, 0.5) is 0 Å². The number of amides is 1. The molecule has 0 aliphatic carbocycles. The lowest BCUT2D eigenvalue weighted by molar-refractivity contribution is -0.126. The molecule has 6 nitrogen and oxygen atoms in total. The van der Waals surface area contributed by atoms with E-state index in [4.69, 9.17) is 4.74 Å². The third kappa shape index (κ3) is 5.26. The highest BCUT2D eigenvalue weighted by Crippen LogP contribution is 2.21. The third-order valence-corrected chi connectivity index (χ3v) is 5.74. The van der Waals surface area contributed by atoms with Crippen molar-refractivity contribution in [2.24, 2.45) is 13.0 Å². The predicted molar refractivity (Wildman–Crippen MR) is 113 cm³/mol. The van der Waals surface area contributed by atoms with Crippen LogP contribution in [0.15, 0.2) is 42.6 Å². The Bertz CT molecular complexity index is 845. The fourth-order valence-corrected chi connectivity index (χ4v) is 4.14. The normalized spacial score (nSPS) is 17.1. The summed E-state index contributed by atoms with van der Waals surface area (Å²) in [4.78, 5) is 29.1. The Balaban J connectivity index is 1.52. The molecule has 1 amide bonds. The molecule has 0 radical (unpaired) electrons. The monoisotopic (exact) mass is 397 g/mol. The lowest BCUT2D eigenvalue weighted by atomic mass is 9.96. The molecule has 0 spiro atoms. The first kappa shape index (κ1) is 21.1. The van der Waals surface area contributed by atoms with Crippen LogP contribution in [0.1, 0.15) is 28.9 Å². The molecule has 0 unspecified atom stereocenters. The molecule has 1 aliphatic rings. The van der Waals surface area contributed by atoms with Gasteiger partial charge in [0.25, 0.3) is 11.7 Å². The summed E-state index contributed by atoms with van der Waals surface area (Å²) in [5.41, 5.74) is 1.65. The molecule has 1 fully saturated rings.